The third kappa shape index (κ3) is 5.17. The van der Waals surface area contributed by atoms with Gasteiger partial charge in [-0.25, -0.2) is 9.59 Å². The monoisotopic (exact) mass is 266 g/mol. The minimum atomic E-state index is -0.997. The average Bonchev–Trinajstić information content (AvgIpc) is 2.36. The number of carbonyl (C=O) groups is 3. The highest BCUT2D eigenvalue weighted by atomic mass is 16.5. The van der Waals surface area contributed by atoms with Crippen LogP contribution in [0.1, 0.15) is 15.9 Å². The molecule has 0 fully saturated rings. The van der Waals surface area contributed by atoms with Crippen molar-refractivity contribution in [3.63, 3.8) is 0 Å². The van der Waals surface area contributed by atoms with E-state index in [1.165, 1.54) is 0 Å². The van der Waals surface area contributed by atoms with Crippen LogP contribution in [0.2, 0.25) is 0 Å². The molecule has 19 heavy (non-hydrogen) atoms. The first kappa shape index (κ1) is 14.7. The van der Waals surface area contributed by atoms with E-state index >= 15 is 0 Å². The number of rotatable bonds is 5. The maximum Gasteiger partial charge on any atom is 0.338 e. The minimum absolute atomic E-state index is 0.293. The van der Waals surface area contributed by atoms with Gasteiger partial charge in [-0.15, -0.1) is 0 Å². The Kier molecular flexibility index (Phi) is 5.49. The molecule has 3 amide bonds. The van der Waals surface area contributed by atoms with Gasteiger partial charge in [0.15, 0.2) is 6.61 Å². The minimum Gasteiger partial charge on any atom is -0.452 e. The molecule has 0 aliphatic heterocycles. The van der Waals surface area contributed by atoms with E-state index in [1.807, 2.05) is 0 Å². The topological polar surface area (TPSA) is 108 Å². The van der Waals surface area contributed by atoms with Gasteiger partial charge in [0.1, 0.15) is 0 Å². The number of esters is 1. The average molecular weight is 266 g/mol. The van der Waals surface area contributed by atoms with Crippen LogP contribution in [-0.2, 0) is 20.9 Å². The van der Waals surface area contributed by atoms with Crippen LogP contribution in [0.3, 0.4) is 0 Å². The molecule has 7 nitrogen and oxygen atoms in total. The van der Waals surface area contributed by atoms with Crippen molar-refractivity contribution < 1.29 is 23.9 Å². The molecule has 0 saturated heterocycles. The van der Waals surface area contributed by atoms with Gasteiger partial charge >= 0.3 is 12.0 Å². The lowest BCUT2D eigenvalue weighted by Crippen LogP contribution is -2.37. The second kappa shape index (κ2) is 7.12. The predicted molar refractivity (Wildman–Crippen MR) is 65.2 cm³/mol. The maximum atomic E-state index is 11.6. The van der Waals surface area contributed by atoms with Crippen molar-refractivity contribution in [2.45, 2.75) is 6.61 Å². The Labute approximate surface area is 109 Å². The van der Waals surface area contributed by atoms with E-state index in [0.717, 1.165) is 5.56 Å². The Morgan fingerprint density at radius 2 is 2.05 bits per heavy atom. The largest absolute Gasteiger partial charge is 0.452 e. The molecule has 1 rings (SSSR count). The molecule has 0 spiro atoms. The van der Waals surface area contributed by atoms with Crippen LogP contribution in [0, 0.1) is 0 Å². The van der Waals surface area contributed by atoms with Crippen LogP contribution in [0.4, 0.5) is 4.79 Å². The van der Waals surface area contributed by atoms with E-state index in [-0.39, 0.29) is 0 Å². The van der Waals surface area contributed by atoms with Crippen LogP contribution in [0.15, 0.2) is 24.3 Å². The van der Waals surface area contributed by atoms with Gasteiger partial charge in [-0.1, -0.05) is 12.1 Å². The fraction of sp³-hybridized carbons (Fsp3) is 0.250. The summed E-state index contributed by atoms with van der Waals surface area (Å²) in [5.74, 6) is -1.45. The Balaban J connectivity index is 2.55. The second-order valence-electron chi connectivity index (χ2n) is 3.62. The fourth-order valence-electron chi connectivity index (χ4n) is 1.34. The van der Waals surface area contributed by atoms with Gasteiger partial charge in [0.05, 0.1) is 12.2 Å². The second-order valence-corrected chi connectivity index (χ2v) is 3.62. The van der Waals surface area contributed by atoms with Crippen molar-refractivity contribution in [2.24, 2.45) is 5.73 Å². The third-order valence-electron chi connectivity index (χ3n) is 2.07. The number of hydrogen-bond donors (Lipinski definition) is 2. The summed E-state index contributed by atoms with van der Waals surface area (Å²) >= 11 is 0. The number of urea groups is 1. The Morgan fingerprint density at radius 1 is 1.32 bits per heavy atom. The highest BCUT2D eigenvalue weighted by molar-refractivity contribution is 5.96. The van der Waals surface area contributed by atoms with Crippen molar-refractivity contribution in [1.29, 1.82) is 0 Å². The van der Waals surface area contributed by atoms with Gasteiger partial charge in [-0.2, -0.15) is 0 Å². The Morgan fingerprint density at radius 3 is 2.68 bits per heavy atom. The van der Waals surface area contributed by atoms with Gasteiger partial charge in [0.2, 0.25) is 0 Å². The molecule has 1 aromatic carbocycles. The first-order valence-electron chi connectivity index (χ1n) is 5.37. The summed E-state index contributed by atoms with van der Waals surface area (Å²) < 4.78 is 9.66. The quantitative estimate of drug-likeness (QED) is 0.739. The van der Waals surface area contributed by atoms with Crippen LogP contribution in [0.25, 0.3) is 0 Å². The molecule has 0 aliphatic carbocycles. The number of hydrogen-bond acceptors (Lipinski definition) is 5. The number of carbonyl (C=O) groups excluding carboxylic acids is 3. The van der Waals surface area contributed by atoms with Crippen molar-refractivity contribution in [3.05, 3.63) is 35.4 Å². The summed E-state index contributed by atoms with van der Waals surface area (Å²) in [6, 6.07) is 5.61. The molecular formula is C12H14N2O5. The molecule has 0 atom stereocenters. The van der Waals surface area contributed by atoms with Gasteiger partial charge in [0, 0.05) is 7.11 Å². The van der Waals surface area contributed by atoms with E-state index in [1.54, 1.807) is 36.7 Å². The fourth-order valence-corrected chi connectivity index (χ4v) is 1.34. The molecule has 102 valence electrons. The van der Waals surface area contributed by atoms with Gasteiger partial charge < -0.3 is 15.2 Å². The van der Waals surface area contributed by atoms with Crippen molar-refractivity contribution in [2.75, 3.05) is 13.7 Å². The Hall–Kier alpha value is -2.41. The lowest BCUT2D eigenvalue weighted by molar-refractivity contribution is -0.123. The number of amides is 3. The van der Waals surface area contributed by atoms with Crippen LogP contribution < -0.4 is 11.1 Å². The first-order chi connectivity index (χ1) is 9.02. The zero-order valence-electron chi connectivity index (χ0n) is 10.3. The molecule has 7 heteroatoms. The van der Waals surface area contributed by atoms with E-state index in [4.69, 9.17) is 15.2 Å². The molecule has 0 heterocycles. The maximum absolute atomic E-state index is 11.6. The molecule has 0 radical (unpaired) electrons. The third-order valence-corrected chi connectivity index (χ3v) is 2.07. The van der Waals surface area contributed by atoms with Gasteiger partial charge in [-0.05, 0) is 17.7 Å². The summed E-state index contributed by atoms with van der Waals surface area (Å²) in [7, 11) is 1.54. The summed E-state index contributed by atoms with van der Waals surface area (Å²) in [6.07, 6.45) is 0. The van der Waals surface area contributed by atoms with E-state index in [2.05, 4.69) is 0 Å². The van der Waals surface area contributed by atoms with Crippen LogP contribution in [-0.4, -0.2) is 31.6 Å². The predicted octanol–water partition coefficient (Wildman–Crippen LogP) is 0.185. The molecular weight excluding hydrogens is 252 g/mol. The smallest absolute Gasteiger partial charge is 0.338 e. The first-order valence-corrected chi connectivity index (χ1v) is 5.37. The molecule has 0 saturated carbocycles. The molecule has 3 N–H and O–H groups in total. The SMILES string of the molecule is COCc1cccc(C(=O)OCC(=O)NC(N)=O)c1. The molecule has 0 unspecified atom stereocenters. The molecule has 0 aromatic heterocycles. The zero-order valence-corrected chi connectivity index (χ0v) is 10.3. The lowest BCUT2D eigenvalue weighted by atomic mass is 10.1. The van der Waals surface area contributed by atoms with Crippen LogP contribution in [0.5, 0.6) is 0 Å². The number of primary amides is 1. The van der Waals surface area contributed by atoms with Gasteiger partial charge in [-0.3, -0.25) is 10.1 Å². The van der Waals surface area contributed by atoms with Crippen molar-refractivity contribution in [1.82, 2.24) is 5.32 Å². The number of benzene rings is 1. The number of nitrogens with one attached hydrogen (secondary N) is 1. The highest BCUT2D eigenvalue weighted by Crippen LogP contribution is 2.07. The normalized spacial score (nSPS) is 9.74. The Bertz CT molecular complexity index is 487. The number of ether oxygens (including phenoxy) is 2. The van der Waals surface area contributed by atoms with Crippen molar-refractivity contribution >= 4 is 17.9 Å². The van der Waals surface area contributed by atoms with E-state index in [9.17, 15) is 14.4 Å². The molecule has 1 aromatic rings. The highest BCUT2D eigenvalue weighted by Gasteiger charge is 2.11. The zero-order chi connectivity index (χ0) is 14.3. The van der Waals surface area contributed by atoms with E-state index in [0.29, 0.717) is 12.2 Å². The summed E-state index contributed by atoms with van der Waals surface area (Å²) in [5.41, 5.74) is 5.84. The number of imide groups is 1. The van der Waals surface area contributed by atoms with Gasteiger partial charge in [0.25, 0.3) is 5.91 Å². The standard InChI is InChI=1S/C12H14N2O5/c1-18-6-8-3-2-4-9(5-8)11(16)19-7-10(15)14-12(13)17/h2-5H,6-7H2,1H3,(H3,13,14,15,17). The van der Waals surface area contributed by atoms with Crippen molar-refractivity contribution in [3.8, 4) is 0 Å². The van der Waals surface area contributed by atoms with E-state index < -0.39 is 24.5 Å². The lowest BCUT2D eigenvalue weighted by Gasteiger charge is -2.06. The molecule has 0 bridgehead atoms. The number of nitrogens with two attached hydrogens (primary N) is 1. The summed E-state index contributed by atoms with van der Waals surface area (Å²) in [4.78, 5) is 33.1. The molecule has 0 aliphatic rings. The summed E-state index contributed by atoms with van der Waals surface area (Å²) in [5, 5.41) is 1.78. The summed E-state index contributed by atoms with van der Waals surface area (Å²) in [6.45, 7) is -0.209. The van der Waals surface area contributed by atoms with Crippen LogP contribution >= 0.6 is 0 Å². The number of methoxy groups -OCH3 is 1.